The Labute approximate surface area is 63.7 Å². The van der Waals surface area contributed by atoms with Gasteiger partial charge in [-0.05, 0) is 6.07 Å². The van der Waals surface area contributed by atoms with E-state index in [4.69, 9.17) is 0 Å². The summed E-state index contributed by atoms with van der Waals surface area (Å²) in [4.78, 5) is 0. The molecule has 0 amide bonds. The van der Waals surface area contributed by atoms with Crippen LogP contribution >= 0.6 is 0 Å². The maximum atomic E-state index is 10.5. The molecule has 55 valence electrons. The van der Waals surface area contributed by atoms with Crippen LogP contribution in [0.3, 0.4) is 0 Å². The van der Waals surface area contributed by atoms with Crippen molar-refractivity contribution < 1.29 is 5.11 Å². The summed E-state index contributed by atoms with van der Waals surface area (Å²) in [5.41, 5.74) is 1.53. The Kier molecular flexibility index (Phi) is 1.36. The number of benzene rings is 1. The molecule has 3 nitrogen and oxygen atoms in total. The quantitative estimate of drug-likeness (QED) is 0.652. The second kappa shape index (κ2) is 2.36. The number of aromatic amines is 1. The van der Waals surface area contributed by atoms with Crippen LogP contribution in [0.15, 0.2) is 24.3 Å². The van der Waals surface area contributed by atoms with Crippen LogP contribution in [0.25, 0.3) is 10.9 Å². The van der Waals surface area contributed by atoms with Crippen LogP contribution in [0.5, 0.6) is 0 Å². The molecule has 2 aromatic rings. The van der Waals surface area contributed by atoms with Crippen molar-refractivity contribution in [3.05, 3.63) is 30.0 Å². The SMILES string of the molecule is [O]Cc1n[nH]c2ccccc12. The molecule has 1 heterocycles. The lowest BCUT2D eigenvalue weighted by atomic mass is 10.2. The minimum absolute atomic E-state index is 0.260. The van der Waals surface area contributed by atoms with Gasteiger partial charge in [-0.1, -0.05) is 18.2 Å². The van der Waals surface area contributed by atoms with Crippen molar-refractivity contribution in [1.29, 1.82) is 0 Å². The molecule has 0 unspecified atom stereocenters. The third-order valence-electron chi connectivity index (χ3n) is 1.69. The number of nitrogens with one attached hydrogen (secondary N) is 1. The molecule has 0 fully saturated rings. The zero-order chi connectivity index (χ0) is 7.68. The van der Waals surface area contributed by atoms with Crippen molar-refractivity contribution in [3.63, 3.8) is 0 Å². The number of H-pyrrole nitrogens is 1. The molecule has 3 heteroatoms. The smallest absolute Gasteiger partial charge is 0.127 e. The standard InChI is InChI=1S/C8H7N2O/c11-5-8-6-3-1-2-4-7(6)9-10-8/h1-4H,5H2,(H,9,10). The number of aromatic nitrogens is 2. The van der Waals surface area contributed by atoms with Crippen LogP contribution < -0.4 is 0 Å². The number of para-hydroxylation sites is 1. The maximum Gasteiger partial charge on any atom is 0.127 e. The topological polar surface area (TPSA) is 48.6 Å². The Morgan fingerprint density at radius 2 is 2.18 bits per heavy atom. The van der Waals surface area contributed by atoms with E-state index in [1.54, 1.807) is 0 Å². The summed E-state index contributed by atoms with van der Waals surface area (Å²) in [5, 5.41) is 18.1. The summed E-state index contributed by atoms with van der Waals surface area (Å²) in [6.07, 6.45) is 0. The molecule has 11 heavy (non-hydrogen) atoms. The molecule has 0 aliphatic rings. The molecule has 0 spiro atoms. The maximum absolute atomic E-state index is 10.5. The largest absolute Gasteiger partial charge is 0.277 e. The lowest BCUT2D eigenvalue weighted by Gasteiger charge is -1.86. The van der Waals surface area contributed by atoms with Gasteiger partial charge in [0.1, 0.15) is 6.61 Å². The van der Waals surface area contributed by atoms with Crippen molar-refractivity contribution >= 4 is 10.9 Å². The van der Waals surface area contributed by atoms with Crippen LogP contribution in [0.2, 0.25) is 0 Å². The first-order valence-corrected chi connectivity index (χ1v) is 3.42. The highest BCUT2D eigenvalue weighted by Crippen LogP contribution is 2.14. The molecular weight excluding hydrogens is 140 g/mol. The average Bonchev–Trinajstić information content (AvgIpc) is 2.47. The van der Waals surface area contributed by atoms with Crippen LogP contribution in [0, 0.1) is 0 Å². The Bertz CT molecular complexity index is 367. The van der Waals surface area contributed by atoms with Gasteiger partial charge in [0.05, 0.1) is 11.2 Å². The van der Waals surface area contributed by atoms with E-state index >= 15 is 0 Å². The second-order valence-electron chi connectivity index (χ2n) is 2.36. The fourth-order valence-corrected chi connectivity index (χ4v) is 1.13. The molecule has 1 N–H and O–H groups in total. The molecule has 0 atom stereocenters. The summed E-state index contributed by atoms with van der Waals surface area (Å²) >= 11 is 0. The van der Waals surface area contributed by atoms with E-state index in [1.807, 2.05) is 24.3 Å². The number of fused-ring (bicyclic) bond motifs is 1. The van der Waals surface area contributed by atoms with Gasteiger partial charge < -0.3 is 0 Å². The van der Waals surface area contributed by atoms with E-state index in [0.717, 1.165) is 10.9 Å². The third kappa shape index (κ3) is 0.897. The van der Waals surface area contributed by atoms with Crippen LogP contribution in [-0.4, -0.2) is 10.2 Å². The van der Waals surface area contributed by atoms with Gasteiger partial charge in [-0.3, -0.25) is 5.10 Å². The average molecular weight is 147 g/mol. The van der Waals surface area contributed by atoms with Gasteiger partial charge in [0, 0.05) is 5.39 Å². The van der Waals surface area contributed by atoms with Crippen LogP contribution in [0.1, 0.15) is 5.69 Å². The number of nitrogens with zero attached hydrogens (tertiary/aromatic N) is 1. The van der Waals surface area contributed by atoms with Crippen molar-refractivity contribution in [1.82, 2.24) is 10.2 Å². The van der Waals surface area contributed by atoms with E-state index in [0.29, 0.717) is 5.69 Å². The van der Waals surface area contributed by atoms with E-state index in [9.17, 15) is 5.11 Å². The predicted molar refractivity (Wildman–Crippen MR) is 40.5 cm³/mol. The Morgan fingerprint density at radius 1 is 1.36 bits per heavy atom. The highest BCUT2D eigenvalue weighted by Gasteiger charge is 2.01. The number of hydrogen-bond acceptors (Lipinski definition) is 1. The van der Waals surface area contributed by atoms with Gasteiger partial charge in [0.15, 0.2) is 0 Å². The fraction of sp³-hybridized carbons (Fsp3) is 0.125. The van der Waals surface area contributed by atoms with Gasteiger partial charge in [-0.2, -0.15) is 5.10 Å². The zero-order valence-corrected chi connectivity index (χ0v) is 5.87. The molecule has 0 bridgehead atoms. The lowest BCUT2D eigenvalue weighted by molar-refractivity contribution is 0.175. The van der Waals surface area contributed by atoms with Crippen LogP contribution in [0.4, 0.5) is 0 Å². The molecule has 0 saturated heterocycles. The molecule has 0 aliphatic heterocycles. The monoisotopic (exact) mass is 147 g/mol. The predicted octanol–water partition coefficient (Wildman–Crippen LogP) is 1.49. The summed E-state index contributed by atoms with van der Waals surface area (Å²) in [7, 11) is 0. The van der Waals surface area contributed by atoms with Crippen molar-refractivity contribution in [2.24, 2.45) is 0 Å². The lowest BCUT2D eigenvalue weighted by Crippen LogP contribution is -1.80. The zero-order valence-electron chi connectivity index (χ0n) is 5.87. The molecule has 2 rings (SSSR count). The van der Waals surface area contributed by atoms with Gasteiger partial charge in [-0.15, -0.1) is 0 Å². The van der Waals surface area contributed by atoms with Crippen molar-refractivity contribution in [3.8, 4) is 0 Å². The second-order valence-corrected chi connectivity index (χ2v) is 2.36. The first kappa shape index (κ1) is 6.37. The number of hydrogen-bond donors (Lipinski definition) is 1. The fourth-order valence-electron chi connectivity index (χ4n) is 1.13. The summed E-state index contributed by atoms with van der Waals surface area (Å²) in [6, 6.07) is 7.61. The van der Waals surface area contributed by atoms with Gasteiger partial charge in [-0.25, -0.2) is 5.11 Å². The van der Waals surface area contributed by atoms with E-state index in [-0.39, 0.29) is 6.61 Å². The normalized spacial score (nSPS) is 10.6. The van der Waals surface area contributed by atoms with Crippen LogP contribution in [-0.2, 0) is 11.7 Å². The first-order valence-electron chi connectivity index (χ1n) is 3.42. The minimum atomic E-state index is -0.260. The number of rotatable bonds is 1. The molecule has 1 radical (unpaired) electrons. The summed E-state index contributed by atoms with van der Waals surface area (Å²) in [5.74, 6) is 0. The molecule has 0 aliphatic carbocycles. The highest BCUT2D eigenvalue weighted by atomic mass is 16.3. The summed E-state index contributed by atoms with van der Waals surface area (Å²) < 4.78 is 0. The van der Waals surface area contributed by atoms with Gasteiger partial charge >= 0.3 is 0 Å². The minimum Gasteiger partial charge on any atom is -0.277 e. The Hall–Kier alpha value is -1.35. The van der Waals surface area contributed by atoms with Crippen molar-refractivity contribution in [2.75, 3.05) is 0 Å². The van der Waals surface area contributed by atoms with Gasteiger partial charge in [0.25, 0.3) is 0 Å². The van der Waals surface area contributed by atoms with E-state index in [1.165, 1.54) is 0 Å². The van der Waals surface area contributed by atoms with E-state index < -0.39 is 0 Å². The van der Waals surface area contributed by atoms with E-state index in [2.05, 4.69) is 10.2 Å². The molecular formula is C8H7N2O. The molecule has 1 aromatic carbocycles. The van der Waals surface area contributed by atoms with Crippen molar-refractivity contribution in [2.45, 2.75) is 6.61 Å². The summed E-state index contributed by atoms with van der Waals surface area (Å²) in [6.45, 7) is -0.260. The Morgan fingerprint density at radius 3 is 3.00 bits per heavy atom. The highest BCUT2D eigenvalue weighted by molar-refractivity contribution is 5.80. The third-order valence-corrected chi connectivity index (χ3v) is 1.69. The van der Waals surface area contributed by atoms with Gasteiger partial charge in [0.2, 0.25) is 0 Å². The molecule has 1 aromatic heterocycles. The Balaban J connectivity index is 2.76. The first-order chi connectivity index (χ1) is 5.42. The molecule has 0 saturated carbocycles.